The fourth-order valence-electron chi connectivity index (χ4n) is 7.45. The van der Waals surface area contributed by atoms with Gasteiger partial charge in [-0.3, -0.25) is 4.79 Å². The standard InChI is InChI=1S/C25H35NO5S/c1-7-30-21(28)18-15(4)17(20(27)31-14(2)3)19(32-18)26-22(29)25-10-16-8-23(5,12-25)11-24(6,9-16)13-25/h14,16H,7-13H2,1-6H3,(H,26,29)/t16?,23-,24-,25?/m1/s1. The van der Waals surface area contributed by atoms with Crippen LogP contribution in [0, 0.1) is 29.1 Å². The summed E-state index contributed by atoms with van der Waals surface area (Å²) in [4.78, 5) is 39.5. The summed E-state index contributed by atoms with van der Waals surface area (Å²) in [5.74, 6) is -0.445. The summed E-state index contributed by atoms with van der Waals surface area (Å²) in [6.07, 6.45) is 5.97. The number of amides is 1. The second-order valence-electron chi connectivity index (χ2n) is 11.3. The van der Waals surface area contributed by atoms with Crippen molar-refractivity contribution in [2.75, 3.05) is 11.9 Å². The van der Waals surface area contributed by atoms with E-state index in [1.165, 1.54) is 19.3 Å². The highest BCUT2D eigenvalue weighted by molar-refractivity contribution is 7.18. The summed E-state index contributed by atoms with van der Waals surface area (Å²) in [5.41, 5.74) is 0.754. The molecular formula is C25H35NO5S. The van der Waals surface area contributed by atoms with E-state index in [0.717, 1.165) is 30.6 Å². The third-order valence-corrected chi connectivity index (χ3v) is 8.68. The van der Waals surface area contributed by atoms with E-state index in [4.69, 9.17) is 9.47 Å². The molecule has 6 nitrogen and oxygen atoms in total. The number of ether oxygens (including phenoxy) is 2. The van der Waals surface area contributed by atoms with Crippen molar-refractivity contribution in [3.8, 4) is 0 Å². The van der Waals surface area contributed by atoms with Crippen molar-refractivity contribution >= 4 is 34.2 Å². The molecule has 1 aromatic rings. The minimum Gasteiger partial charge on any atom is -0.462 e. The molecule has 4 bridgehead atoms. The average molecular weight is 462 g/mol. The number of carbonyl (C=O) groups is 3. The van der Waals surface area contributed by atoms with Crippen LogP contribution in [0.3, 0.4) is 0 Å². The van der Waals surface area contributed by atoms with Gasteiger partial charge in [0.15, 0.2) is 0 Å². The lowest BCUT2D eigenvalue weighted by molar-refractivity contribution is -0.165. The van der Waals surface area contributed by atoms with Gasteiger partial charge < -0.3 is 14.8 Å². The van der Waals surface area contributed by atoms with Crippen molar-refractivity contribution in [3.63, 3.8) is 0 Å². The number of anilines is 1. The van der Waals surface area contributed by atoms with Crippen molar-refractivity contribution < 1.29 is 23.9 Å². The Bertz CT molecular complexity index is 946. The lowest BCUT2D eigenvalue weighted by Crippen LogP contribution is -2.58. The van der Waals surface area contributed by atoms with Crippen molar-refractivity contribution in [3.05, 3.63) is 16.0 Å². The van der Waals surface area contributed by atoms with Crippen LogP contribution in [0.4, 0.5) is 5.00 Å². The van der Waals surface area contributed by atoms with E-state index >= 15 is 0 Å². The first-order valence-electron chi connectivity index (χ1n) is 11.7. The molecule has 7 heteroatoms. The lowest BCUT2D eigenvalue weighted by atomic mass is 9.40. The molecule has 1 heterocycles. The van der Waals surface area contributed by atoms with Gasteiger partial charge in [0.1, 0.15) is 9.88 Å². The molecule has 0 radical (unpaired) electrons. The summed E-state index contributed by atoms with van der Waals surface area (Å²) >= 11 is 1.11. The Morgan fingerprint density at radius 2 is 1.69 bits per heavy atom. The number of hydrogen-bond donors (Lipinski definition) is 1. The van der Waals surface area contributed by atoms with Crippen LogP contribution in [0.1, 0.15) is 98.7 Å². The molecular weight excluding hydrogens is 426 g/mol. The average Bonchev–Trinajstić information content (AvgIpc) is 2.94. The van der Waals surface area contributed by atoms with Gasteiger partial charge in [-0.15, -0.1) is 11.3 Å². The zero-order valence-corrected chi connectivity index (χ0v) is 20.9. The van der Waals surface area contributed by atoms with Gasteiger partial charge in [-0.2, -0.15) is 0 Å². The molecule has 0 unspecified atom stereocenters. The molecule has 32 heavy (non-hydrogen) atoms. The number of hydrogen-bond acceptors (Lipinski definition) is 6. The second kappa shape index (κ2) is 7.86. The van der Waals surface area contributed by atoms with Crippen LogP contribution in [0.15, 0.2) is 0 Å². The maximum Gasteiger partial charge on any atom is 0.348 e. The van der Waals surface area contributed by atoms with Gasteiger partial charge in [0.25, 0.3) is 0 Å². The third kappa shape index (κ3) is 3.97. The molecule has 0 aromatic carbocycles. The van der Waals surface area contributed by atoms with E-state index in [1.807, 2.05) is 0 Å². The van der Waals surface area contributed by atoms with E-state index in [2.05, 4.69) is 19.2 Å². The Hall–Kier alpha value is -1.89. The van der Waals surface area contributed by atoms with E-state index in [1.54, 1.807) is 27.7 Å². The minimum atomic E-state index is -0.524. The SMILES string of the molecule is CCOC(=O)c1sc(NC(=O)C23CC4C[C@@](C)(C2)C[C@@](C)(C4)C3)c(C(=O)OC(C)C)c1C. The summed E-state index contributed by atoms with van der Waals surface area (Å²) in [6.45, 7) is 11.9. The minimum absolute atomic E-state index is 0.0192. The second-order valence-corrected chi connectivity index (χ2v) is 12.3. The Balaban J connectivity index is 1.67. The number of rotatable bonds is 6. The van der Waals surface area contributed by atoms with E-state index < -0.39 is 17.4 Å². The summed E-state index contributed by atoms with van der Waals surface area (Å²) < 4.78 is 10.6. The Labute approximate surface area is 194 Å². The highest BCUT2D eigenvalue weighted by atomic mass is 32.1. The number of esters is 2. The van der Waals surface area contributed by atoms with Crippen LogP contribution in [-0.4, -0.2) is 30.6 Å². The van der Waals surface area contributed by atoms with Gasteiger partial charge >= 0.3 is 11.9 Å². The predicted molar refractivity (Wildman–Crippen MR) is 124 cm³/mol. The Morgan fingerprint density at radius 1 is 1.06 bits per heavy atom. The van der Waals surface area contributed by atoms with Crippen LogP contribution in [-0.2, 0) is 14.3 Å². The quantitative estimate of drug-likeness (QED) is 0.547. The summed E-state index contributed by atoms with van der Waals surface area (Å²) in [6, 6.07) is 0. The highest BCUT2D eigenvalue weighted by Crippen LogP contribution is 2.69. The Morgan fingerprint density at radius 3 is 2.22 bits per heavy atom. The number of thiophene rings is 1. The van der Waals surface area contributed by atoms with Gasteiger partial charge in [0.2, 0.25) is 5.91 Å². The van der Waals surface area contributed by atoms with Crippen molar-refractivity contribution in [1.29, 1.82) is 0 Å². The van der Waals surface area contributed by atoms with Gasteiger partial charge in [0.05, 0.1) is 23.7 Å². The molecule has 5 rings (SSSR count). The number of carbonyl (C=O) groups excluding carboxylic acids is 3. The maximum atomic E-state index is 13.8. The molecule has 0 spiro atoms. The first-order valence-corrected chi connectivity index (χ1v) is 12.5. The van der Waals surface area contributed by atoms with Crippen molar-refractivity contribution in [2.24, 2.45) is 22.2 Å². The zero-order chi connectivity index (χ0) is 23.5. The summed E-state index contributed by atoms with van der Waals surface area (Å²) in [7, 11) is 0. The number of nitrogens with one attached hydrogen (secondary N) is 1. The van der Waals surface area contributed by atoms with Crippen LogP contribution < -0.4 is 5.32 Å². The van der Waals surface area contributed by atoms with Crippen LogP contribution in [0.25, 0.3) is 0 Å². The normalized spacial score (nSPS) is 32.8. The first kappa shape index (κ1) is 23.3. The highest BCUT2D eigenvalue weighted by Gasteiger charge is 2.62. The van der Waals surface area contributed by atoms with Crippen molar-refractivity contribution in [1.82, 2.24) is 0 Å². The molecule has 176 valence electrons. The zero-order valence-electron chi connectivity index (χ0n) is 20.1. The molecule has 4 aliphatic carbocycles. The summed E-state index contributed by atoms with van der Waals surface area (Å²) in [5, 5.41) is 3.48. The van der Waals surface area contributed by atoms with Crippen LogP contribution in [0.2, 0.25) is 0 Å². The predicted octanol–water partition coefficient (Wildman–Crippen LogP) is 5.73. The topological polar surface area (TPSA) is 81.7 Å². The molecule has 4 aliphatic rings. The smallest absolute Gasteiger partial charge is 0.348 e. The van der Waals surface area contributed by atoms with Gasteiger partial charge in [-0.25, -0.2) is 9.59 Å². The fourth-order valence-corrected chi connectivity index (χ4v) is 8.53. The van der Waals surface area contributed by atoms with Crippen molar-refractivity contribution in [2.45, 2.75) is 86.2 Å². The largest absolute Gasteiger partial charge is 0.462 e. The Kier molecular flexibility index (Phi) is 5.71. The maximum absolute atomic E-state index is 13.8. The molecule has 4 fully saturated rings. The van der Waals surface area contributed by atoms with Gasteiger partial charge in [-0.05, 0) is 88.5 Å². The van der Waals surface area contributed by atoms with E-state index in [9.17, 15) is 14.4 Å². The first-order chi connectivity index (χ1) is 14.9. The lowest BCUT2D eigenvalue weighted by Gasteiger charge is -2.64. The van der Waals surface area contributed by atoms with E-state index in [-0.39, 0.29) is 35.0 Å². The fraction of sp³-hybridized carbons (Fsp3) is 0.720. The molecule has 4 saturated carbocycles. The molecule has 1 N–H and O–H groups in total. The van der Waals surface area contributed by atoms with Crippen LogP contribution >= 0.6 is 11.3 Å². The monoisotopic (exact) mass is 461 g/mol. The molecule has 2 atom stereocenters. The molecule has 0 saturated heterocycles. The molecule has 0 aliphatic heterocycles. The molecule has 1 aromatic heterocycles. The third-order valence-electron chi connectivity index (χ3n) is 7.49. The van der Waals surface area contributed by atoms with Gasteiger partial charge in [-0.1, -0.05) is 13.8 Å². The molecule has 1 amide bonds. The van der Waals surface area contributed by atoms with Crippen LogP contribution in [0.5, 0.6) is 0 Å². The van der Waals surface area contributed by atoms with Gasteiger partial charge in [0, 0.05) is 0 Å². The van der Waals surface area contributed by atoms with E-state index in [0.29, 0.717) is 21.4 Å².